The molecule has 0 saturated carbocycles. The topological polar surface area (TPSA) is 70.7 Å². The highest BCUT2D eigenvalue weighted by molar-refractivity contribution is 6.36. The zero-order valence-electron chi connectivity index (χ0n) is 15.8. The van der Waals surface area contributed by atoms with E-state index < -0.39 is 6.04 Å². The molecule has 0 spiro atoms. The van der Waals surface area contributed by atoms with E-state index in [4.69, 9.17) is 27.9 Å². The van der Waals surface area contributed by atoms with Crippen molar-refractivity contribution >= 4 is 35.0 Å². The van der Waals surface area contributed by atoms with Crippen LogP contribution in [0.5, 0.6) is 0 Å². The van der Waals surface area contributed by atoms with Crippen LogP contribution in [0.4, 0.5) is 0 Å². The van der Waals surface area contributed by atoms with Gasteiger partial charge in [-0.2, -0.15) is 0 Å². The molecular weight excluding hydrogens is 389 g/mol. The van der Waals surface area contributed by atoms with Gasteiger partial charge in [-0.1, -0.05) is 37.0 Å². The number of rotatable bonds is 8. The van der Waals surface area contributed by atoms with E-state index >= 15 is 0 Å². The summed E-state index contributed by atoms with van der Waals surface area (Å²) in [6.45, 7) is 8.66. The predicted octanol–water partition coefficient (Wildman–Crippen LogP) is 2.59. The minimum Gasteiger partial charge on any atom is -0.379 e. The van der Waals surface area contributed by atoms with Gasteiger partial charge in [0.1, 0.15) is 6.04 Å². The largest absolute Gasteiger partial charge is 0.379 e. The van der Waals surface area contributed by atoms with Crippen molar-refractivity contribution in [2.75, 3.05) is 39.4 Å². The van der Waals surface area contributed by atoms with Crippen molar-refractivity contribution in [1.82, 2.24) is 15.5 Å². The lowest BCUT2D eigenvalue weighted by Gasteiger charge is -2.26. The maximum Gasteiger partial charge on any atom is 0.253 e. The zero-order valence-corrected chi connectivity index (χ0v) is 17.3. The van der Waals surface area contributed by atoms with Crippen LogP contribution in [-0.2, 0) is 9.53 Å². The minimum absolute atomic E-state index is 0.0562. The Labute approximate surface area is 170 Å². The number of nitrogens with zero attached hydrogens (tertiary/aromatic N) is 1. The van der Waals surface area contributed by atoms with Crippen LogP contribution in [0, 0.1) is 5.92 Å². The van der Waals surface area contributed by atoms with E-state index in [0.717, 1.165) is 39.3 Å². The molecule has 0 aliphatic carbocycles. The van der Waals surface area contributed by atoms with Crippen molar-refractivity contribution in [2.45, 2.75) is 26.3 Å². The van der Waals surface area contributed by atoms with Gasteiger partial charge in [-0.3, -0.25) is 14.5 Å². The SMILES string of the molecule is CC(C)[C@@H](NC(=O)c1ccc(Cl)cc1Cl)C(=O)NCCCN1CCOCC1. The maximum absolute atomic E-state index is 12.5. The summed E-state index contributed by atoms with van der Waals surface area (Å²) in [5.74, 6) is -0.636. The number of halogens is 2. The smallest absolute Gasteiger partial charge is 0.253 e. The number of carbonyl (C=O) groups is 2. The minimum atomic E-state index is -0.632. The quantitative estimate of drug-likeness (QED) is 0.640. The second-order valence-corrected chi connectivity index (χ2v) is 7.76. The molecule has 27 heavy (non-hydrogen) atoms. The second-order valence-electron chi connectivity index (χ2n) is 6.92. The first kappa shape index (κ1) is 22.0. The molecule has 1 aliphatic rings. The molecule has 1 aromatic carbocycles. The van der Waals surface area contributed by atoms with Crippen molar-refractivity contribution in [3.05, 3.63) is 33.8 Å². The Kier molecular flexibility index (Phi) is 8.83. The molecule has 1 saturated heterocycles. The van der Waals surface area contributed by atoms with Crippen LogP contribution in [0.25, 0.3) is 0 Å². The van der Waals surface area contributed by atoms with Gasteiger partial charge in [0.15, 0.2) is 0 Å². The second kappa shape index (κ2) is 10.9. The van der Waals surface area contributed by atoms with Gasteiger partial charge in [0, 0.05) is 24.7 Å². The summed E-state index contributed by atoms with van der Waals surface area (Å²) in [6.07, 6.45) is 0.855. The molecule has 6 nitrogen and oxygen atoms in total. The van der Waals surface area contributed by atoms with Crippen LogP contribution in [0.1, 0.15) is 30.6 Å². The molecule has 8 heteroatoms. The molecule has 0 bridgehead atoms. The Morgan fingerprint density at radius 1 is 1.22 bits per heavy atom. The van der Waals surface area contributed by atoms with Crippen LogP contribution < -0.4 is 10.6 Å². The van der Waals surface area contributed by atoms with Gasteiger partial charge in [0.05, 0.1) is 23.8 Å². The molecule has 1 aliphatic heterocycles. The number of hydrogen-bond acceptors (Lipinski definition) is 4. The van der Waals surface area contributed by atoms with E-state index in [9.17, 15) is 9.59 Å². The van der Waals surface area contributed by atoms with Crippen molar-refractivity contribution in [1.29, 1.82) is 0 Å². The van der Waals surface area contributed by atoms with Crippen molar-refractivity contribution in [2.24, 2.45) is 5.92 Å². The van der Waals surface area contributed by atoms with E-state index in [1.54, 1.807) is 12.1 Å². The lowest BCUT2D eigenvalue weighted by atomic mass is 10.0. The molecule has 1 aromatic rings. The molecule has 1 atom stereocenters. The van der Waals surface area contributed by atoms with E-state index in [-0.39, 0.29) is 22.8 Å². The number of morpholine rings is 1. The molecular formula is C19H27Cl2N3O3. The third kappa shape index (κ3) is 6.96. The van der Waals surface area contributed by atoms with Crippen LogP contribution in [0.15, 0.2) is 18.2 Å². The maximum atomic E-state index is 12.5. The van der Waals surface area contributed by atoms with Crippen molar-refractivity contribution < 1.29 is 14.3 Å². The fraction of sp³-hybridized carbons (Fsp3) is 0.579. The zero-order chi connectivity index (χ0) is 19.8. The Morgan fingerprint density at radius 3 is 2.56 bits per heavy atom. The summed E-state index contributed by atoms with van der Waals surface area (Å²) in [6, 6.07) is 4.03. The first-order valence-electron chi connectivity index (χ1n) is 9.22. The first-order valence-corrected chi connectivity index (χ1v) is 9.98. The third-order valence-electron chi connectivity index (χ3n) is 4.47. The summed E-state index contributed by atoms with van der Waals surface area (Å²) in [4.78, 5) is 27.3. The highest BCUT2D eigenvalue weighted by Gasteiger charge is 2.25. The van der Waals surface area contributed by atoms with Gasteiger partial charge in [0.2, 0.25) is 5.91 Å². The Hall–Kier alpha value is -1.34. The molecule has 0 unspecified atom stereocenters. The van der Waals surface area contributed by atoms with Gasteiger partial charge in [-0.05, 0) is 37.1 Å². The molecule has 1 heterocycles. The summed E-state index contributed by atoms with van der Waals surface area (Å²) < 4.78 is 5.32. The summed E-state index contributed by atoms with van der Waals surface area (Å²) >= 11 is 11.9. The van der Waals surface area contributed by atoms with E-state index in [2.05, 4.69) is 15.5 Å². The van der Waals surface area contributed by atoms with Gasteiger partial charge >= 0.3 is 0 Å². The number of amides is 2. The van der Waals surface area contributed by atoms with Crippen LogP contribution in [0.2, 0.25) is 10.0 Å². The van der Waals surface area contributed by atoms with Crippen molar-refractivity contribution in [3.8, 4) is 0 Å². The monoisotopic (exact) mass is 415 g/mol. The van der Waals surface area contributed by atoms with Gasteiger partial charge in [0.25, 0.3) is 5.91 Å². The lowest BCUT2D eigenvalue weighted by molar-refractivity contribution is -0.123. The Bertz CT molecular complexity index is 649. The molecule has 2 N–H and O–H groups in total. The molecule has 2 amide bonds. The molecule has 0 radical (unpaired) electrons. The van der Waals surface area contributed by atoms with Gasteiger partial charge in [-0.25, -0.2) is 0 Å². The summed E-state index contributed by atoms with van der Waals surface area (Å²) in [5, 5.41) is 6.41. The van der Waals surface area contributed by atoms with Gasteiger partial charge < -0.3 is 15.4 Å². The summed E-state index contributed by atoms with van der Waals surface area (Å²) in [7, 11) is 0. The third-order valence-corrected chi connectivity index (χ3v) is 5.01. The number of ether oxygens (including phenoxy) is 1. The molecule has 2 rings (SSSR count). The number of benzene rings is 1. The van der Waals surface area contributed by atoms with Crippen LogP contribution in [-0.4, -0.2) is 62.1 Å². The van der Waals surface area contributed by atoms with E-state index in [1.807, 2.05) is 13.8 Å². The van der Waals surface area contributed by atoms with E-state index in [0.29, 0.717) is 17.1 Å². The van der Waals surface area contributed by atoms with Crippen LogP contribution in [0.3, 0.4) is 0 Å². The number of carbonyl (C=O) groups excluding carboxylic acids is 2. The van der Waals surface area contributed by atoms with E-state index in [1.165, 1.54) is 6.07 Å². The van der Waals surface area contributed by atoms with Crippen LogP contribution >= 0.6 is 23.2 Å². The molecule has 150 valence electrons. The normalized spacial score (nSPS) is 16.2. The Morgan fingerprint density at radius 2 is 1.93 bits per heavy atom. The average molecular weight is 416 g/mol. The fourth-order valence-corrected chi connectivity index (χ4v) is 3.37. The fourth-order valence-electron chi connectivity index (χ4n) is 2.88. The number of hydrogen-bond donors (Lipinski definition) is 2. The lowest BCUT2D eigenvalue weighted by Crippen LogP contribution is -2.50. The Balaban J connectivity index is 1.83. The molecule has 1 fully saturated rings. The highest BCUT2D eigenvalue weighted by atomic mass is 35.5. The standard InChI is InChI=1S/C19H27Cl2N3O3/c1-13(2)17(23-18(25)15-5-4-14(20)12-16(15)21)19(26)22-6-3-7-24-8-10-27-11-9-24/h4-5,12-13,17H,3,6-11H2,1-2H3,(H,22,26)(H,23,25)/t17-/m1/s1. The summed E-state index contributed by atoms with van der Waals surface area (Å²) in [5.41, 5.74) is 0.298. The van der Waals surface area contributed by atoms with Crippen molar-refractivity contribution in [3.63, 3.8) is 0 Å². The highest BCUT2D eigenvalue weighted by Crippen LogP contribution is 2.21. The predicted molar refractivity (Wildman–Crippen MR) is 107 cm³/mol. The number of nitrogens with one attached hydrogen (secondary N) is 2. The molecule has 0 aromatic heterocycles. The average Bonchev–Trinajstić information content (AvgIpc) is 2.63. The first-order chi connectivity index (χ1) is 12.9. The van der Waals surface area contributed by atoms with Gasteiger partial charge in [-0.15, -0.1) is 0 Å².